The lowest BCUT2D eigenvalue weighted by molar-refractivity contribution is -0.137. The molecule has 18 heavy (non-hydrogen) atoms. The summed E-state index contributed by atoms with van der Waals surface area (Å²) >= 11 is 0. The number of hydrogen-bond acceptors (Lipinski definition) is 3. The Morgan fingerprint density at radius 1 is 1.33 bits per heavy atom. The maximum Gasteiger partial charge on any atom is 0.316 e. The van der Waals surface area contributed by atoms with Crippen molar-refractivity contribution in [3.8, 4) is 5.75 Å². The van der Waals surface area contributed by atoms with Crippen molar-refractivity contribution in [1.82, 2.24) is 5.32 Å². The van der Waals surface area contributed by atoms with Crippen molar-refractivity contribution >= 4 is 17.5 Å². The molecule has 0 heterocycles. The molecule has 1 aliphatic rings. The Bertz CT molecular complexity index is 469. The van der Waals surface area contributed by atoms with Gasteiger partial charge >= 0.3 is 11.8 Å². The first kappa shape index (κ1) is 12.4. The molecule has 1 N–H and O–H groups in total. The summed E-state index contributed by atoms with van der Waals surface area (Å²) in [5.74, 6) is -0.579. The van der Waals surface area contributed by atoms with E-state index in [1.807, 2.05) is 6.07 Å². The Kier molecular flexibility index (Phi) is 3.50. The number of rotatable bonds is 3. The van der Waals surface area contributed by atoms with Gasteiger partial charge in [-0.3, -0.25) is 9.59 Å². The SMILES string of the molecule is COc1ccccc1N(C)C(=O)C(=O)NC1CC1. The highest BCUT2D eigenvalue weighted by molar-refractivity contribution is 6.40. The fraction of sp³-hybridized carbons (Fsp3) is 0.385. The number of likely N-dealkylation sites (N-methyl/N-ethyl adjacent to an activating group) is 1. The molecule has 1 aliphatic carbocycles. The third kappa shape index (κ3) is 2.61. The summed E-state index contributed by atoms with van der Waals surface area (Å²) in [5, 5.41) is 2.67. The second-order valence-corrected chi connectivity index (χ2v) is 4.28. The standard InChI is InChI=1S/C13H16N2O3/c1-15(10-5-3-4-6-11(10)18-2)13(17)12(16)14-9-7-8-9/h3-6,9H,7-8H2,1-2H3,(H,14,16). The predicted octanol–water partition coefficient (Wildman–Crippen LogP) is 0.937. The van der Waals surface area contributed by atoms with Gasteiger partial charge in [-0.25, -0.2) is 0 Å². The number of benzene rings is 1. The zero-order valence-corrected chi connectivity index (χ0v) is 10.5. The van der Waals surface area contributed by atoms with Crippen molar-refractivity contribution < 1.29 is 14.3 Å². The first-order valence-electron chi connectivity index (χ1n) is 5.85. The highest BCUT2D eigenvalue weighted by atomic mass is 16.5. The molecule has 1 aromatic rings. The lowest BCUT2D eigenvalue weighted by Gasteiger charge is -2.19. The van der Waals surface area contributed by atoms with Crippen LogP contribution in [0.3, 0.4) is 0 Å². The Hall–Kier alpha value is -2.04. The largest absolute Gasteiger partial charge is 0.495 e. The molecule has 0 spiro atoms. The van der Waals surface area contributed by atoms with Crippen LogP contribution in [0.4, 0.5) is 5.69 Å². The predicted molar refractivity (Wildman–Crippen MR) is 67.6 cm³/mol. The fourth-order valence-electron chi connectivity index (χ4n) is 1.64. The average Bonchev–Trinajstić information content (AvgIpc) is 3.20. The zero-order valence-electron chi connectivity index (χ0n) is 10.5. The number of carbonyl (C=O) groups excluding carboxylic acids is 2. The van der Waals surface area contributed by atoms with Crippen LogP contribution < -0.4 is 15.0 Å². The molecule has 0 atom stereocenters. The van der Waals surface area contributed by atoms with E-state index in [9.17, 15) is 9.59 Å². The number of hydrogen-bond donors (Lipinski definition) is 1. The molecular formula is C13H16N2O3. The van der Waals surface area contributed by atoms with Gasteiger partial charge in [-0.15, -0.1) is 0 Å². The van der Waals surface area contributed by atoms with Gasteiger partial charge in [-0.1, -0.05) is 12.1 Å². The second-order valence-electron chi connectivity index (χ2n) is 4.28. The van der Waals surface area contributed by atoms with Crippen LogP contribution in [0, 0.1) is 0 Å². The Morgan fingerprint density at radius 3 is 2.61 bits per heavy atom. The molecule has 1 saturated carbocycles. The lowest BCUT2D eigenvalue weighted by Crippen LogP contribution is -2.42. The van der Waals surface area contributed by atoms with Crippen LogP contribution >= 0.6 is 0 Å². The van der Waals surface area contributed by atoms with E-state index in [2.05, 4.69) is 5.32 Å². The van der Waals surface area contributed by atoms with E-state index in [0.717, 1.165) is 12.8 Å². The molecule has 0 saturated heterocycles. The summed E-state index contributed by atoms with van der Waals surface area (Å²) in [5.41, 5.74) is 0.580. The van der Waals surface area contributed by atoms with Crippen LogP contribution in [0.5, 0.6) is 5.75 Å². The van der Waals surface area contributed by atoms with E-state index < -0.39 is 11.8 Å². The molecular weight excluding hydrogens is 232 g/mol. The van der Waals surface area contributed by atoms with E-state index in [1.54, 1.807) is 25.2 Å². The summed E-state index contributed by atoms with van der Waals surface area (Å²) < 4.78 is 5.16. The monoisotopic (exact) mass is 248 g/mol. The molecule has 5 heteroatoms. The lowest BCUT2D eigenvalue weighted by atomic mass is 10.2. The normalized spacial score (nSPS) is 13.9. The number of nitrogens with zero attached hydrogens (tertiary/aromatic N) is 1. The molecule has 0 radical (unpaired) electrons. The van der Waals surface area contributed by atoms with Crippen molar-refractivity contribution in [2.24, 2.45) is 0 Å². The van der Waals surface area contributed by atoms with Crippen molar-refractivity contribution in [2.45, 2.75) is 18.9 Å². The summed E-state index contributed by atoms with van der Waals surface area (Å²) in [4.78, 5) is 24.9. The van der Waals surface area contributed by atoms with Crippen LogP contribution in [0.25, 0.3) is 0 Å². The van der Waals surface area contributed by atoms with Crippen LogP contribution in [-0.2, 0) is 9.59 Å². The molecule has 96 valence electrons. The summed E-state index contributed by atoms with van der Waals surface area (Å²) in [7, 11) is 3.09. The highest BCUT2D eigenvalue weighted by Crippen LogP contribution is 2.26. The average molecular weight is 248 g/mol. The van der Waals surface area contributed by atoms with Crippen LogP contribution in [0.1, 0.15) is 12.8 Å². The molecule has 2 amide bonds. The zero-order chi connectivity index (χ0) is 13.1. The minimum atomic E-state index is -0.577. The van der Waals surface area contributed by atoms with E-state index in [-0.39, 0.29) is 6.04 Å². The van der Waals surface area contributed by atoms with Crippen molar-refractivity contribution in [3.63, 3.8) is 0 Å². The van der Waals surface area contributed by atoms with E-state index in [0.29, 0.717) is 11.4 Å². The smallest absolute Gasteiger partial charge is 0.316 e. The number of ether oxygens (including phenoxy) is 1. The molecule has 1 fully saturated rings. The van der Waals surface area contributed by atoms with E-state index >= 15 is 0 Å². The third-order valence-corrected chi connectivity index (χ3v) is 2.86. The van der Waals surface area contributed by atoms with Crippen LogP contribution in [0.15, 0.2) is 24.3 Å². The van der Waals surface area contributed by atoms with Gasteiger partial charge in [0.15, 0.2) is 0 Å². The maximum atomic E-state index is 11.9. The molecule has 5 nitrogen and oxygen atoms in total. The van der Waals surface area contributed by atoms with Crippen LogP contribution in [-0.4, -0.2) is 32.0 Å². The quantitative estimate of drug-likeness (QED) is 0.810. The van der Waals surface area contributed by atoms with Gasteiger partial charge in [0.25, 0.3) is 0 Å². The third-order valence-electron chi connectivity index (χ3n) is 2.86. The van der Waals surface area contributed by atoms with Gasteiger partial charge in [0, 0.05) is 13.1 Å². The van der Waals surface area contributed by atoms with E-state index in [1.165, 1.54) is 12.0 Å². The van der Waals surface area contributed by atoms with Gasteiger partial charge in [0.05, 0.1) is 12.8 Å². The van der Waals surface area contributed by atoms with Gasteiger partial charge in [0.1, 0.15) is 5.75 Å². The second kappa shape index (κ2) is 5.08. The molecule has 1 aromatic carbocycles. The number of carbonyl (C=O) groups is 2. The van der Waals surface area contributed by atoms with Crippen molar-refractivity contribution in [3.05, 3.63) is 24.3 Å². The van der Waals surface area contributed by atoms with Crippen molar-refractivity contribution in [2.75, 3.05) is 19.1 Å². The first-order valence-corrected chi connectivity index (χ1v) is 5.85. The molecule has 0 unspecified atom stereocenters. The molecule has 0 aromatic heterocycles. The minimum absolute atomic E-state index is 0.174. The minimum Gasteiger partial charge on any atom is -0.495 e. The van der Waals surface area contributed by atoms with Gasteiger partial charge < -0.3 is 15.0 Å². The topological polar surface area (TPSA) is 58.6 Å². The van der Waals surface area contributed by atoms with Crippen LogP contribution in [0.2, 0.25) is 0 Å². The number of para-hydroxylation sites is 2. The number of anilines is 1. The van der Waals surface area contributed by atoms with E-state index in [4.69, 9.17) is 4.74 Å². The van der Waals surface area contributed by atoms with Gasteiger partial charge in [-0.2, -0.15) is 0 Å². The molecule has 2 rings (SSSR count). The summed E-state index contributed by atoms with van der Waals surface area (Å²) in [6, 6.07) is 7.26. The highest BCUT2D eigenvalue weighted by Gasteiger charge is 2.29. The Morgan fingerprint density at radius 2 is 2.00 bits per heavy atom. The summed E-state index contributed by atoms with van der Waals surface area (Å²) in [6.07, 6.45) is 1.91. The number of amides is 2. The van der Waals surface area contributed by atoms with Gasteiger partial charge in [0.2, 0.25) is 0 Å². The fourth-order valence-corrected chi connectivity index (χ4v) is 1.64. The number of nitrogens with one attached hydrogen (secondary N) is 1. The number of methoxy groups -OCH3 is 1. The maximum absolute atomic E-state index is 11.9. The molecule has 0 bridgehead atoms. The van der Waals surface area contributed by atoms with Crippen molar-refractivity contribution in [1.29, 1.82) is 0 Å². The molecule has 0 aliphatic heterocycles. The Labute approximate surface area is 106 Å². The van der Waals surface area contributed by atoms with Gasteiger partial charge in [-0.05, 0) is 25.0 Å². The first-order chi connectivity index (χ1) is 8.63. The summed E-state index contributed by atoms with van der Waals surface area (Å²) in [6.45, 7) is 0. The Balaban J connectivity index is 2.11.